The Morgan fingerprint density at radius 1 is 1.31 bits per heavy atom. The smallest absolute Gasteiger partial charge is 0.317 e. The van der Waals surface area contributed by atoms with Crippen LogP contribution in [0, 0.1) is 6.92 Å². The van der Waals surface area contributed by atoms with E-state index in [0.29, 0.717) is 25.2 Å². The molecule has 1 aliphatic rings. The first-order valence-corrected chi connectivity index (χ1v) is 9.41. The van der Waals surface area contributed by atoms with Crippen molar-refractivity contribution in [1.29, 1.82) is 0 Å². The van der Waals surface area contributed by atoms with Gasteiger partial charge in [0, 0.05) is 45.1 Å². The average molecular weight is 361 g/mol. The maximum atomic E-state index is 12.6. The number of urea groups is 1. The lowest BCUT2D eigenvalue weighted by molar-refractivity contribution is 0.0782. The summed E-state index contributed by atoms with van der Waals surface area (Å²) in [6.45, 7) is 10.8. The topological polar surface area (TPSA) is 68.8 Å². The molecule has 144 valence electrons. The molecule has 0 saturated carbocycles. The van der Waals surface area contributed by atoms with Crippen LogP contribution in [0.1, 0.15) is 36.3 Å². The van der Waals surface area contributed by atoms with E-state index in [1.54, 1.807) is 23.0 Å². The molecule has 3 amide bonds. The summed E-state index contributed by atoms with van der Waals surface area (Å²) in [5.74, 6) is -0.0182. The largest absolute Gasteiger partial charge is 0.337 e. The zero-order valence-electron chi connectivity index (χ0n) is 16.4. The SMILES string of the molecule is CCN(CC)CCNC(=O)N(C)[C@@H]1CCN(C(=O)c2ccc(C)nc2)C1. The summed E-state index contributed by atoms with van der Waals surface area (Å²) >= 11 is 0. The quantitative estimate of drug-likeness (QED) is 0.801. The lowest BCUT2D eigenvalue weighted by Crippen LogP contribution is -2.47. The van der Waals surface area contributed by atoms with E-state index in [-0.39, 0.29) is 18.0 Å². The van der Waals surface area contributed by atoms with Crippen LogP contribution in [0.3, 0.4) is 0 Å². The van der Waals surface area contributed by atoms with Crippen molar-refractivity contribution in [3.63, 3.8) is 0 Å². The molecule has 1 aromatic rings. The molecule has 0 bridgehead atoms. The Labute approximate surface area is 156 Å². The van der Waals surface area contributed by atoms with Crippen molar-refractivity contribution in [2.45, 2.75) is 33.2 Å². The van der Waals surface area contributed by atoms with Crippen molar-refractivity contribution >= 4 is 11.9 Å². The Morgan fingerprint density at radius 2 is 2.04 bits per heavy atom. The van der Waals surface area contributed by atoms with Gasteiger partial charge in [-0.1, -0.05) is 13.8 Å². The monoisotopic (exact) mass is 361 g/mol. The van der Waals surface area contributed by atoms with E-state index in [1.807, 2.05) is 19.1 Å². The van der Waals surface area contributed by atoms with Crippen molar-refractivity contribution in [3.8, 4) is 0 Å². The molecule has 7 nitrogen and oxygen atoms in total. The molecule has 1 aromatic heterocycles. The second-order valence-corrected chi connectivity index (χ2v) is 6.75. The van der Waals surface area contributed by atoms with Crippen molar-refractivity contribution < 1.29 is 9.59 Å². The summed E-state index contributed by atoms with van der Waals surface area (Å²) in [5, 5.41) is 2.97. The zero-order valence-corrected chi connectivity index (χ0v) is 16.4. The number of likely N-dealkylation sites (N-methyl/N-ethyl adjacent to an activating group) is 2. The number of aromatic nitrogens is 1. The molecule has 1 aliphatic heterocycles. The van der Waals surface area contributed by atoms with E-state index in [2.05, 4.69) is 29.0 Å². The second-order valence-electron chi connectivity index (χ2n) is 6.75. The molecule has 7 heteroatoms. The number of rotatable bonds is 7. The average Bonchev–Trinajstić information content (AvgIpc) is 3.14. The number of aryl methyl sites for hydroxylation is 1. The zero-order chi connectivity index (χ0) is 19.1. The molecule has 1 saturated heterocycles. The van der Waals surface area contributed by atoms with Gasteiger partial charge in [-0.25, -0.2) is 4.79 Å². The van der Waals surface area contributed by atoms with E-state index in [1.165, 1.54) is 0 Å². The predicted octanol–water partition coefficient (Wildman–Crippen LogP) is 1.59. The first kappa shape index (κ1) is 20.2. The minimum atomic E-state index is -0.0755. The lowest BCUT2D eigenvalue weighted by Gasteiger charge is -2.26. The van der Waals surface area contributed by atoms with Gasteiger partial charge < -0.3 is 20.0 Å². The highest BCUT2D eigenvalue weighted by Crippen LogP contribution is 2.17. The van der Waals surface area contributed by atoms with Gasteiger partial charge in [0.1, 0.15) is 0 Å². The molecule has 26 heavy (non-hydrogen) atoms. The number of hydrogen-bond donors (Lipinski definition) is 1. The van der Waals surface area contributed by atoms with E-state index in [0.717, 1.165) is 31.7 Å². The molecular weight excluding hydrogens is 330 g/mol. The van der Waals surface area contributed by atoms with Crippen LogP contribution < -0.4 is 5.32 Å². The van der Waals surface area contributed by atoms with Gasteiger partial charge in [-0.05, 0) is 38.6 Å². The highest BCUT2D eigenvalue weighted by atomic mass is 16.2. The Hall–Kier alpha value is -2.15. The van der Waals surface area contributed by atoms with E-state index in [4.69, 9.17) is 0 Å². The van der Waals surface area contributed by atoms with Crippen LogP contribution in [-0.2, 0) is 0 Å². The summed E-state index contributed by atoms with van der Waals surface area (Å²) in [6, 6.07) is 3.62. The third kappa shape index (κ3) is 5.17. The Kier molecular flexibility index (Phi) is 7.38. The maximum Gasteiger partial charge on any atom is 0.317 e. The second kappa shape index (κ2) is 9.52. The van der Waals surface area contributed by atoms with Crippen LogP contribution in [0.15, 0.2) is 18.3 Å². The third-order valence-electron chi connectivity index (χ3n) is 5.08. The fourth-order valence-corrected chi connectivity index (χ4v) is 3.17. The van der Waals surface area contributed by atoms with Crippen molar-refractivity contribution in [2.75, 3.05) is 46.3 Å². The fourth-order valence-electron chi connectivity index (χ4n) is 3.17. The molecule has 0 spiro atoms. The molecule has 0 radical (unpaired) electrons. The number of carbonyl (C=O) groups excluding carboxylic acids is 2. The summed E-state index contributed by atoms with van der Waals surface area (Å²) in [5.41, 5.74) is 1.49. The van der Waals surface area contributed by atoms with E-state index in [9.17, 15) is 9.59 Å². The van der Waals surface area contributed by atoms with Crippen molar-refractivity contribution in [3.05, 3.63) is 29.6 Å². The number of nitrogens with one attached hydrogen (secondary N) is 1. The van der Waals surface area contributed by atoms with Gasteiger partial charge in [-0.15, -0.1) is 0 Å². The molecule has 1 fully saturated rings. The Bertz CT molecular complexity index is 600. The predicted molar refractivity (Wildman–Crippen MR) is 102 cm³/mol. The molecule has 2 heterocycles. The first-order chi connectivity index (χ1) is 12.5. The van der Waals surface area contributed by atoms with Crippen LogP contribution in [0.2, 0.25) is 0 Å². The number of likely N-dealkylation sites (tertiary alicyclic amines) is 1. The molecular formula is C19H31N5O2. The normalized spacial score (nSPS) is 16.8. The molecule has 0 unspecified atom stereocenters. The summed E-state index contributed by atoms with van der Waals surface area (Å²) in [4.78, 5) is 34.9. The first-order valence-electron chi connectivity index (χ1n) is 9.41. The van der Waals surface area contributed by atoms with Crippen LogP contribution in [0.4, 0.5) is 4.79 Å². The maximum absolute atomic E-state index is 12.6. The van der Waals surface area contributed by atoms with Gasteiger partial charge in [0.05, 0.1) is 11.6 Å². The van der Waals surface area contributed by atoms with Crippen LogP contribution in [-0.4, -0.2) is 84.0 Å². The van der Waals surface area contributed by atoms with Gasteiger partial charge in [-0.3, -0.25) is 9.78 Å². The summed E-state index contributed by atoms with van der Waals surface area (Å²) in [7, 11) is 1.80. The highest BCUT2D eigenvalue weighted by Gasteiger charge is 2.31. The van der Waals surface area contributed by atoms with E-state index < -0.39 is 0 Å². The van der Waals surface area contributed by atoms with Gasteiger partial charge in [-0.2, -0.15) is 0 Å². The summed E-state index contributed by atoms with van der Waals surface area (Å²) < 4.78 is 0. The van der Waals surface area contributed by atoms with Gasteiger partial charge in [0.15, 0.2) is 0 Å². The number of nitrogens with zero attached hydrogens (tertiary/aromatic N) is 4. The van der Waals surface area contributed by atoms with Crippen molar-refractivity contribution in [1.82, 2.24) is 25.0 Å². The Morgan fingerprint density at radius 3 is 2.65 bits per heavy atom. The Balaban J connectivity index is 1.82. The summed E-state index contributed by atoms with van der Waals surface area (Å²) in [6.07, 6.45) is 2.42. The molecule has 0 aliphatic carbocycles. The highest BCUT2D eigenvalue weighted by molar-refractivity contribution is 5.94. The number of carbonyl (C=O) groups is 2. The van der Waals surface area contributed by atoms with Crippen LogP contribution in [0.25, 0.3) is 0 Å². The fraction of sp³-hybridized carbons (Fsp3) is 0.632. The van der Waals surface area contributed by atoms with Gasteiger partial charge in [0.25, 0.3) is 5.91 Å². The van der Waals surface area contributed by atoms with Gasteiger partial charge >= 0.3 is 6.03 Å². The minimum Gasteiger partial charge on any atom is -0.337 e. The molecule has 2 rings (SSSR count). The molecule has 0 aromatic carbocycles. The van der Waals surface area contributed by atoms with Crippen molar-refractivity contribution in [2.24, 2.45) is 0 Å². The number of amides is 3. The minimum absolute atomic E-state index is 0.0182. The third-order valence-corrected chi connectivity index (χ3v) is 5.08. The molecule has 1 N–H and O–H groups in total. The van der Waals surface area contributed by atoms with Gasteiger partial charge in [0.2, 0.25) is 0 Å². The standard InChI is InChI=1S/C19H31N5O2/c1-5-23(6-2)12-10-20-19(26)22(4)17-9-11-24(14-17)18(25)16-8-7-15(3)21-13-16/h7-8,13,17H,5-6,9-12,14H2,1-4H3,(H,20,26)/t17-/m1/s1. The molecule has 1 atom stereocenters. The van der Waals surface area contributed by atoms with Crippen LogP contribution >= 0.6 is 0 Å². The van der Waals surface area contributed by atoms with E-state index >= 15 is 0 Å². The number of hydrogen-bond acceptors (Lipinski definition) is 4. The van der Waals surface area contributed by atoms with Crippen LogP contribution in [0.5, 0.6) is 0 Å². The number of pyridine rings is 1. The lowest BCUT2D eigenvalue weighted by atomic mass is 10.2.